The Morgan fingerprint density at radius 1 is 1.00 bits per heavy atom. The number of amides is 3. The number of Topliss-reactive ketones (excluding diaryl/α,β-unsaturated/α-hetero) is 2. The van der Waals surface area contributed by atoms with Gasteiger partial charge >= 0.3 is 12.1 Å². The number of likely N-dealkylation sites (tertiary alicyclic amines) is 1. The summed E-state index contributed by atoms with van der Waals surface area (Å²) in [6.07, 6.45) is -5.37. The van der Waals surface area contributed by atoms with Crippen molar-refractivity contribution in [2.45, 2.75) is 64.3 Å². The van der Waals surface area contributed by atoms with Crippen molar-refractivity contribution in [3.05, 3.63) is 35.4 Å². The molecule has 1 aliphatic heterocycles. The zero-order chi connectivity index (χ0) is 30.6. The Bertz CT molecular complexity index is 1170. The molecular formula is C26H33F3N4O7. The fourth-order valence-electron chi connectivity index (χ4n) is 4.40. The number of carboxylic acids is 1. The summed E-state index contributed by atoms with van der Waals surface area (Å²) in [5.74, 6) is -8.58. The molecule has 0 aliphatic carbocycles. The Balaban J connectivity index is 2.56. The predicted molar refractivity (Wildman–Crippen MR) is 135 cm³/mol. The fourth-order valence-corrected chi connectivity index (χ4v) is 4.40. The summed E-state index contributed by atoms with van der Waals surface area (Å²) in [5, 5.41) is 13.0. The second kappa shape index (κ2) is 12.6. The van der Waals surface area contributed by atoms with Crippen molar-refractivity contribution in [2.24, 2.45) is 17.6 Å². The number of hydrogen-bond acceptors (Lipinski definition) is 7. The van der Waals surface area contributed by atoms with Crippen LogP contribution in [0.1, 0.15) is 61.3 Å². The normalized spacial score (nSPS) is 18.8. The molecule has 0 radical (unpaired) electrons. The molecule has 220 valence electrons. The van der Waals surface area contributed by atoms with Gasteiger partial charge in [0.15, 0.2) is 11.3 Å². The lowest BCUT2D eigenvalue weighted by Crippen LogP contribution is -2.67. The van der Waals surface area contributed by atoms with Gasteiger partial charge in [-0.25, -0.2) is 0 Å². The Labute approximate surface area is 228 Å². The van der Waals surface area contributed by atoms with E-state index in [2.05, 4.69) is 10.6 Å². The van der Waals surface area contributed by atoms with Crippen LogP contribution < -0.4 is 16.4 Å². The third-order valence-electron chi connectivity index (χ3n) is 6.73. The van der Waals surface area contributed by atoms with Crippen LogP contribution in [0, 0.1) is 11.8 Å². The minimum absolute atomic E-state index is 0.00636. The highest BCUT2D eigenvalue weighted by Gasteiger charge is 2.57. The number of nitrogens with one attached hydrogen (secondary N) is 2. The van der Waals surface area contributed by atoms with Crippen molar-refractivity contribution in [1.29, 1.82) is 0 Å². The largest absolute Gasteiger partial charge is 0.480 e. The average Bonchev–Trinajstić information content (AvgIpc) is 3.34. The van der Waals surface area contributed by atoms with Crippen molar-refractivity contribution >= 4 is 35.3 Å². The number of nitrogens with two attached hydrogens (primary N) is 1. The first-order valence-electron chi connectivity index (χ1n) is 12.6. The van der Waals surface area contributed by atoms with E-state index >= 15 is 0 Å². The van der Waals surface area contributed by atoms with Gasteiger partial charge in [0, 0.05) is 17.7 Å². The highest BCUT2D eigenvalue weighted by atomic mass is 19.4. The maximum Gasteiger partial charge on any atom is 0.452 e. The summed E-state index contributed by atoms with van der Waals surface area (Å²) in [6.45, 7) is 5.14. The summed E-state index contributed by atoms with van der Waals surface area (Å²) >= 11 is 0. The summed E-state index contributed by atoms with van der Waals surface area (Å²) in [7, 11) is 0. The van der Waals surface area contributed by atoms with E-state index in [1.807, 2.05) is 0 Å². The minimum Gasteiger partial charge on any atom is -0.480 e. The second-order valence-electron chi connectivity index (χ2n) is 10.3. The topological polar surface area (TPSA) is 176 Å². The van der Waals surface area contributed by atoms with Crippen molar-refractivity contribution in [3.63, 3.8) is 0 Å². The molecule has 1 aromatic carbocycles. The van der Waals surface area contributed by atoms with Crippen LogP contribution in [0.15, 0.2) is 24.3 Å². The number of rotatable bonds is 11. The molecule has 2 rings (SSSR count). The first kappa shape index (κ1) is 32.4. The van der Waals surface area contributed by atoms with E-state index < -0.39 is 77.4 Å². The maximum atomic E-state index is 14.0. The molecule has 0 saturated carbocycles. The van der Waals surface area contributed by atoms with Crippen LogP contribution in [0.5, 0.6) is 0 Å². The van der Waals surface area contributed by atoms with Gasteiger partial charge in [-0.15, -0.1) is 0 Å². The van der Waals surface area contributed by atoms with E-state index in [9.17, 15) is 41.9 Å². The number of carboxylic acid groups (broad SMARTS) is 1. The number of carbonyl (C=O) groups is 6. The Hall–Kier alpha value is -3.81. The van der Waals surface area contributed by atoms with E-state index in [1.165, 1.54) is 38.1 Å². The Kier molecular flexibility index (Phi) is 10.2. The first-order valence-corrected chi connectivity index (χ1v) is 12.6. The van der Waals surface area contributed by atoms with Crippen molar-refractivity contribution in [2.75, 3.05) is 13.1 Å². The van der Waals surface area contributed by atoms with Gasteiger partial charge in [-0.2, -0.15) is 13.2 Å². The van der Waals surface area contributed by atoms with Crippen LogP contribution >= 0.6 is 0 Å². The van der Waals surface area contributed by atoms with Gasteiger partial charge in [0.1, 0.15) is 6.54 Å². The second-order valence-corrected chi connectivity index (χ2v) is 10.3. The van der Waals surface area contributed by atoms with Gasteiger partial charge in [0.2, 0.25) is 5.91 Å². The third kappa shape index (κ3) is 6.84. The summed E-state index contributed by atoms with van der Waals surface area (Å²) in [4.78, 5) is 77.0. The van der Waals surface area contributed by atoms with Crippen LogP contribution in [-0.4, -0.2) is 82.2 Å². The fraction of sp³-hybridized carbons (Fsp3) is 0.538. The molecule has 3 atom stereocenters. The molecule has 1 saturated heterocycles. The van der Waals surface area contributed by atoms with Crippen LogP contribution in [0.4, 0.5) is 13.2 Å². The number of ketones is 2. The summed E-state index contributed by atoms with van der Waals surface area (Å²) in [6, 6.07) is 1.60. The first-order chi connectivity index (χ1) is 18.4. The number of aliphatic carboxylic acids is 1. The molecule has 0 bridgehead atoms. The SMILES string of the molecule is CC(C)C(N)C(=O)N1CCCC1(C(=O)NC(C(=O)C(F)(F)F)C(C)C)C(=O)c1ccc(C(=O)NCC(=O)O)cc1. The van der Waals surface area contributed by atoms with E-state index in [1.54, 1.807) is 13.8 Å². The lowest BCUT2D eigenvalue weighted by atomic mass is 9.83. The molecule has 5 N–H and O–H groups in total. The predicted octanol–water partition coefficient (Wildman–Crippen LogP) is 1.30. The minimum atomic E-state index is -5.26. The zero-order valence-corrected chi connectivity index (χ0v) is 22.5. The van der Waals surface area contributed by atoms with Crippen LogP contribution in [-0.2, 0) is 19.2 Å². The molecule has 11 nitrogen and oxygen atoms in total. The number of hydrogen-bond donors (Lipinski definition) is 4. The number of nitrogens with zero attached hydrogens (tertiary/aromatic N) is 1. The van der Waals surface area contributed by atoms with Crippen molar-refractivity contribution < 1.29 is 47.0 Å². The van der Waals surface area contributed by atoms with Gasteiger partial charge in [0.25, 0.3) is 17.6 Å². The average molecular weight is 571 g/mol. The zero-order valence-electron chi connectivity index (χ0n) is 22.5. The standard InChI is InChI=1S/C26H33F3N4O7/c1-13(2)18(30)23(39)33-11-5-10-25(33,24(40)32-19(14(3)4)21(37)26(27,28)29)20(36)15-6-8-16(9-7-15)22(38)31-12-17(34)35/h6-9,13-14,18-19H,5,10-12,30H2,1-4H3,(H,31,38)(H,32,40)(H,34,35). The smallest absolute Gasteiger partial charge is 0.452 e. The van der Waals surface area contributed by atoms with Gasteiger partial charge in [-0.3, -0.25) is 28.8 Å². The van der Waals surface area contributed by atoms with E-state index in [-0.39, 0.29) is 30.5 Å². The molecule has 14 heteroatoms. The highest BCUT2D eigenvalue weighted by Crippen LogP contribution is 2.35. The van der Waals surface area contributed by atoms with Crippen LogP contribution in [0.2, 0.25) is 0 Å². The van der Waals surface area contributed by atoms with Crippen molar-refractivity contribution in [3.8, 4) is 0 Å². The van der Waals surface area contributed by atoms with Crippen molar-refractivity contribution in [1.82, 2.24) is 15.5 Å². The number of alkyl halides is 3. The van der Waals surface area contributed by atoms with E-state index in [0.717, 1.165) is 4.90 Å². The molecule has 40 heavy (non-hydrogen) atoms. The molecule has 0 aromatic heterocycles. The summed E-state index contributed by atoms with van der Waals surface area (Å²) in [5.41, 5.74) is 3.57. The molecule has 3 amide bonds. The van der Waals surface area contributed by atoms with Gasteiger partial charge in [0.05, 0.1) is 12.1 Å². The molecule has 1 fully saturated rings. The third-order valence-corrected chi connectivity index (χ3v) is 6.73. The Morgan fingerprint density at radius 3 is 2.02 bits per heavy atom. The lowest BCUT2D eigenvalue weighted by Gasteiger charge is -2.39. The molecule has 3 unspecified atom stereocenters. The molecule has 1 heterocycles. The van der Waals surface area contributed by atoms with Gasteiger partial charge in [-0.05, 0) is 36.8 Å². The number of benzene rings is 1. The summed E-state index contributed by atoms with van der Waals surface area (Å²) < 4.78 is 39.9. The van der Waals surface area contributed by atoms with Crippen LogP contribution in [0.25, 0.3) is 0 Å². The quantitative estimate of drug-likeness (QED) is 0.227. The molecular weight excluding hydrogens is 537 g/mol. The monoisotopic (exact) mass is 570 g/mol. The molecule has 1 aliphatic rings. The maximum absolute atomic E-state index is 14.0. The van der Waals surface area contributed by atoms with Crippen LogP contribution in [0.3, 0.4) is 0 Å². The van der Waals surface area contributed by atoms with Gasteiger partial charge in [-0.1, -0.05) is 39.8 Å². The number of carbonyl (C=O) groups excluding carboxylic acids is 5. The van der Waals surface area contributed by atoms with Gasteiger partial charge < -0.3 is 26.4 Å². The molecule has 0 spiro atoms. The lowest BCUT2D eigenvalue weighted by molar-refractivity contribution is -0.175. The highest BCUT2D eigenvalue weighted by molar-refractivity contribution is 6.20. The van der Waals surface area contributed by atoms with E-state index in [4.69, 9.17) is 10.8 Å². The molecule has 1 aromatic rings. The van der Waals surface area contributed by atoms with E-state index in [0.29, 0.717) is 0 Å². The Morgan fingerprint density at radius 2 is 1.55 bits per heavy atom. The number of halogens is 3.